The highest BCUT2D eigenvalue weighted by Crippen LogP contribution is 2.08. The second kappa shape index (κ2) is 11.5. The van der Waals surface area contributed by atoms with Crippen LogP contribution in [0.15, 0.2) is 4.99 Å². The minimum atomic E-state index is -0.256. The quantitative estimate of drug-likeness (QED) is 0.246. The summed E-state index contributed by atoms with van der Waals surface area (Å²) in [5.41, 5.74) is 0. The van der Waals surface area contributed by atoms with Gasteiger partial charge in [0.1, 0.15) is 0 Å². The molecule has 0 aromatic rings. The molecule has 0 aliphatic rings. The summed E-state index contributed by atoms with van der Waals surface area (Å²) in [6, 6.07) is 0.354. The molecule has 0 radical (unpaired) electrons. The molecule has 0 fully saturated rings. The first-order valence-electron chi connectivity index (χ1n) is 6.68. The molecule has 0 spiro atoms. The lowest BCUT2D eigenvalue weighted by Crippen LogP contribution is -2.28. The third-order valence-electron chi connectivity index (χ3n) is 2.64. The van der Waals surface area contributed by atoms with Crippen LogP contribution < -0.4 is 5.32 Å². The van der Waals surface area contributed by atoms with Gasteiger partial charge in [-0.1, -0.05) is 36.2 Å². The molecule has 0 aromatic carbocycles. The van der Waals surface area contributed by atoms with Crippen LogP contribution in [0.2, 0.25) is 0 Å². The molecular formula is C13H25BrN2O2. The lowest BCUT2D eigenvalue weighted by Gasteiger charge is -2.09. The Morgan fingerprint density at radius 1 is 1.44 bits per heavy atom. The van der Waals surface area contributed by atoms with E-state index in [0.29, 0.717) is 30.9 Å². The molecule has 1 atom stereocenters. The molecule has 0 aromatic heterocycles. The summed E-state index contributed by atoms with van der Waals surface area (Å²) >= 11 is 3.21. The molecule has 5 heteroatoms. The fourth-order valence-corrected chi connectivity index (χ4v) is 1.66. The van der Waals surface area contributed by atoms with Crippen molar-refractivity contribution in [1.82, 2.24) is 5.32 Å². The Balaban J connectivity index is 4.03. The average molecular weight is 321 g/mol. The van der Waals surface area contributed by atoms with Crippen molar-refractivity contribution in [2.75, 3.05) is 18.4 Å². The largest absolute Gasteiger partial charge is 0.393 e. The van der Waals surface area contributed by atoms with Gasteiger partial charge in [-0.2, -0.15) is 0 Å². The zero-order chi connectivity index (χ0) is 13.8. The second-order valence-electron chi connectivity index (χ2n) is 4.29. The van der Waals surface area contributed by atoms with Gasteiger partial charge in [0.25, 0.3) is 6.02 Å². The van der Waals surface area contributed by atoms with E-state index in [4.69, 9.17) is 4.74 Å². The Morgan fingerprint density at radius 2 is 2.17 bits per heavy atom. The number of carbonyl (C=O) groups is 1. The monoisotopic (exact) mass is 320 g/mol. The van der Waals surface area contributed by atoms with Gasteiger partial charge in [0.15, 0.2) is 0 Å². The molecule has 1 unspecified atom stereocenters. The van der Waals surface area contributed by atoms with Gasteiger partial charge in [0, 0.05) is 18.4 Å². The molecule has 18 heavy (non-hydrogen) atoms. The number of nitrogens with one attached hydrogen (secondary N) is 1. The summed E-state index contributed by atoms with van der Waals surface area (Å²) < 4.78 is 5.13. The highest BCUT2D eigenvalue weighted by atomic mass is 79.9. The minimum absolute atomic E-state index is 0.256. The van der Waals surface area contributed by atoms with Gasteiger partial charge in [0.05, 0.1) is 6.42 Å². The Bertz CT molecular complexity index is 257. The van der Waals surface area contributed by atoms with Crippen molar-refractivity contribution >= 4 is 27.9 Å². The molecule has 0 amide bonds. The van der Waals surface area contributed by atoms with Crippen molar-refractivity contribution in [1.29, 1.82) is 0 Å². The molecule has 0 bridgehead atoms. The first-order chi connectivity index (χ1) is 8.63. The molecule has 0 saturated carbocycles. The van der Waals surface area contributed by atoms with Gasteiger partial charge < -0.3 is 10.1 Å². The zero-order valence-corrected chi connectivity index (χ0v) is 13.3. The van der Waals surface area contributed by atoms with Gasteiger partial charge in [-0.15, -0.1) is 0 Å². The maximum atomic E-state index is 11.3. The maximum Gasteiger partial charge on any atom is 0.314 e. The normalized spacial score (nSPS) is 13.2. The number of hydrogen-bond acceptors (Lipinski definition) is 3. The van der Waals surface area contributed by atoms with Crippen LogP contribution >= 0.6 is 15.9 Å². The van der Waals surface area contributed by atoms with E-state index in [2.05, 4.69) is 40.1 Å². The highest BCUT2D eigenvalue weighted by molar-refractivity contribution is 9.09. The molecule has 0 rings (SSSR count). The number of carbonyl (C=O) groups excluding carboxylic acids is 1. The number of halogens is 1. The summed E-state index contributed by atoms with van der Waals surface area (Å²) in [5, 5.41) is 3.58. The SMILES string of the molecule is CCN/C(=N/CCCC(C)CC)OC(=O)CCBr. The van der Waals surface area contributed by atoms with E-state index in [-0.39, 0.29) is 5.97 Å². The lowest BCUT2D eigenvalue weighted by atomic mass is 10.0. The van der Waals surface area contributed by atoms with Crippen LogP contribution in [0.1, 0.15) is 46.5 Å². The maximum absolute atomic E-state index is 11.3. The van der Waals surface area contributed by atoms with Crippen molar-refractivity contribution in [2.24, 2.45) is 10.9 Å². The van der Waals surface area contributed by atoms with E-state index < -0.39 is 0 Å². The Morgan fingerprint density at radius 3 is 2.72 bits per heavy atom. The summed E-state index contributed by atoms with van der Waals surface area (Å²) in [4.78, 5) is 15.6. The smallest absolute Gasteiger partial charge is 0.314 e. The van der Waals surface area contributed by atoms with Crippen molar-refractivity contribution in [3.8, 4) is 0 Å². The predicted octanol–water partition coefficient (Wildman–Crippen LogP) is 3.11. The van der Waals surface area contributed by atoms with Crippen LogP contribution in [0.25, 0.3) is 0 Å². The number of aliphatic imine (C=N–C) groups is 1. The summed E-state index contributed by atoms with van der Waals surface area (Å²) in [6.45, 7) is 7.79. The number of alkyl halides is 1. The van der Waals surface area contributed by atoms with Crippen LogP contribution in [-0.4, -0.2) is 30.4 Å². The van der Waals surface area contributed by atoms with Gasteiger partial charge in [-0.05, 0) is 25.7 Å². The van der Waals surface area contributed by atoms with Crippen LogP contribution in [0.5, 0.6) is 0 Å². The van der Waals surface area contributed by atoms with Crippen molar-refractivity contribution in [3.63, 3.8) is 0 Å². The topological polar surface area (TPSA) is 50.7 Å². The highest BCUT2D eigenvalue weighted by Gasteiger charge is 2.06. The number of esters is 1. The first-order valence-corrected chi connectivity index (χ1v) is 7.81. The van der Waals surface area contributed by atoms with Crippen molar-refractivity contribution in [3.05, 3.63) is 0 Å². The fourth-order valence-electron chi connectivity index (χ4n) is 1.34. The van der Waals surface area contributed by atoms with Gasteiger partial charge in [-0.3, -0.25) is 4.79 Å². The van der Waals surface area contributed by atoms with E-state index >= 15 is 0 Å². The van der Waals surface area contributed by atoms with Crippen molar-refractivity contribution < 1.29 is 9.53 Å². The van der Waals surface area contributed by atoms with Gasteiger partial charge in [0.2, 0.25) is 0 Å². The van der Waals surface area contributed by atoms with E-state index in [0.717, 1.165) is 18.8 Å². The van der Waals surface area contributed by atoms with E-state index in [9.17, 15) is 4.79 Å². The molecule has 1 N–H and O–H groups in total. The Hall–Kier alpha value is -0.580. The molecule has 4 nitrogen and oxygen atoms in total. The molecule has 0 saturated heterocycles. The van der Waals surface area contributed by atoms with Crippen LogP contribution in [0, 0.1) is 5.92 Å². The average Bonchev–Trinajstić information content (AvgIpc) is 2.34. The zero-order valence-electron chi connectivity index (χ0n) is 11.7. The Kier molecular flexibility index (Phi) is 11.1. The molecule has 0 aliphatic heterocycles. The third kappa shape index (κ3) is 9.45. The van der Waals surface area contributed by atoms with Crippen LogP contribution in [-0.2, 0) is 9.53 Å². The van der Waals surface area contributed by atoms with Crippen LogP contribution in [0.3, 0.4) is 0 Å². The standard InChI is InChI=1S/C13H25BrN2O2/c1-4-11(3)7-6-10-16-13(15-5-2)18-12(17)8-9-14/h11H,4-10H2,1-3H3,(H,15,16). The molecule has 0 aliphatic carbocycles. The third-order valence-corrected chi connectivity index (χ3v) is 3.04. The predicted molar refractivity (Wildman–Crippen MR) is 79.2 cm³/mol. The molecule has 106 valence electrons. The minimum Gasteiger partial charge on any atom is -0.393 e. The van der Waals surface area contributed by atoms with Gasteiger partial charge in [-0.25, -0.2) is 4.99 Å². The summed E-state index contributed by atoms with van der Waals surface area (Å²) in [7, 11) is 0. The van der Waals surface area contributed by atoms with Crippen molar-refractivity contribution in [2.45, 2.75) is 46.5 Å². The molecular weight excluding hydrogens is 296 g/mol. The number of hydrogen-bond donors (Lipinski definition) is 1. The van der Waals surface area contributed by atoms with E-state index in [1.165, 1.54) is 6.42 Å². The summed E-state index contributed by atoms with van der Waals surface area (Å²) in [6.07, 6.45) is 3.75. The number of ether oxygens (including phenoxy) is 1. The van der Waals surface area contributed by atoms with E-state index in [1.807, 2.05) is 6.92 Å². The Labute approximate surface area is 119 Å². The number of nitrogens with zero attached hydrogens (tertiary/aromatic N) is 1. The lowest BCUT2D eigenvalue weighted by molar-refractivity contribution is -0.135. The molecule has 0 heterocycles. The first kappa shape index (κ1) is 17.4. The number of rotatable bonds is 8. The fraction of sp³-hybridized carbons (Fsp3) is 0.846. The van der Waals surface area contributed by atoms with Gasteiger partial charge >= 0.3 is 5.97 Å². The van der Waals surface area contributed by atoms with Crippen LogP contribution in [0.4, 0.5) is 0 Å². The van der Waals surface area contributed by atoms with E-state index in [1.54, 1.807) is 0 Å². The number of amidine groups is 1. The second-order valence-corrected chi connectivity index (χ2v) is 5.08. The summed E-state index contributed by atoms with van der Waals surface area (Å²) in [5.74, 6) is 0.479.